The summed E-state index contributed by atoms with van der Waals surface area (Å²) in [6.45, 7) is 2.06. The predicted molar refractivity (Wildman–Crippen MR) is 109 cm³/mol. The van der Waals surface area contributed by atoms with Crippen molar-refractivity contribution in [3.05, 3.63) is 83.1 Å². The monoisotopic (exact) mass is 381 g/mol. The molecule has 3 rings (SSSR count). The van der Waals surface area contributed by atoms with Gasteiger partial charge in [0.05, 0.1) is 12.8 Å². The van der Waals surface area contributed by atoms with Crippen LogP contribution in [0, 0.1) is 0 Å². The van der Waals surface area contributed by atoms with Gasteiger partial charge >= 0.3 is 0 Å². The van der Waals surface area contributed by atoms with Gasteiger partial charge in [0.1, 0.15) is 11.4 Å². The Labute approximate surface area is 163 Å². The van der Waals surface area contributed by atoms with Crippen LogP contribution < -0.4 is 15.4 Å². The highest BCUT2D eigenvalue weighted by Gasteiger charge is 2.13. The summed E-state index contributed by atoms with van der Waals surface area (Å²) in [5.74, 6) is 0.186. The number of nitrogens with one attached hydrogen (secondary N) is 2. The van der Waals surface area contributed by atoms with E-state index >= 15 is 0 Å². The third kappa shape index (κ3) is 4.77. The average molecular weight is 382 g/mol. The number of halogens is 1. The van der Waals surface area contributed by atoms with Crippen molar-refractivity contribution in [2.75, 3.05) is 17.7 Å². The smallest absolute Gasteiger partial charge is 0.274 e. The first-order chi connectivity index (χ1) is 13.1. The minimum absolute atomic E-state index is 0.0949. The first-order valence-electron chi connectivity index (χ1n) is 8.49. The number of anilines is 2. The number of aromatic nitrogens is 1. The van der Waals surface area contributed by atoms with E-state index in [0.717, 1.165) is 11.3 Å². The van der Waals surface area contributed by atoms with Crippen LogP contribution in [-0.4, -0.2) is 18.0 Å². The summed E-state index contributed by atoms with van der Waals surface area (Å²) in [6, 6.07) is 18.8. The summed E-state index contributed by atoms with van der Waals surface area (Å²) in [6.07, 6.45) is 1.60. The zero-order valence-corrected chi connectivity index (χ0v) is 15.8. The maximum Gasteiger partial charge on any atom is 0.274 e. The second kappa shape index (κ2) is 8.56. The molecule has 0 saturated heterocycles. The molecule has 0 aliphatic heterocycles. The highest BCUT2D eigenvalue weighted by Crippen LogP contribution is 2.28. The van der Waals surface area contributed by atoms with Gasteiger partial charge in [-0.1, -0.05) is 41.9 Å². The van der Waals surface area contributed by atoms with Gasteiger partial charge in [0.2, 0.25) is 0 Å². The highest BCUT2D eigenvalue weighted by molar-refractivity contribution is 6.31. The summed E-state index contributed by atoms with van der Waals surface area (Å²) < 4.78 is 5.26. The summed E-state index contributed by atoms with van der Waals surface area (Å²) in [5, 5.41) is 6.68. The number of rotatable bonds is 6. The fourth-order valence-corrected chi connectivity index (χ4v) is 2.86. The lowest BCUT2D eigenvalue weighted by atomic mass is 10.1. The number of pyridine rings is 1. The van der Waals surface area contributed by atoms with Crippen LogP contribution in [0.5, 0.6) is 5.75 Å². The van der Waals surface area contributed by atoms with Crippen molar-refractivity contribution in [1.82, 2.24) is 4.98 Å². The van der Waals surface area contributed by atoms with Gasteiger partial charge in [0.25, 0.3) is 5.91 Å². The number of carbonyl (C=O) groups is 1. The molecule has 0 spiro atoms. The lowest BCUT2D eigenvalue weighted by Gasteiger charge is -2.16. The summed E-state index contributed by atoms with van der Waals surface area (Å²) >= 11 is 6.01. The third-order valence-corrected chi connectivity index (χ3v) is 4.32. The van der Waals surface area contributed by atoms with Crippen molar-refractivity contribution in [1.29, 1.82) is 0 Å². The van der Waals surface area contributed by atoms with E-state index < -0.39 is 0 Å². The number of hydrogen-bond acceptors (Lipinski definition) is 4. The van der Waals surface area contributed by atoms with Crippen LogP contribution in [0.2, 0.25) is 5.02 Å². The van der Waals surface area contributed by atoms with E-state index in [1.54, 1.807) is 30.5 Å². The standard InChI is InChI=1S/C21H20ClN3O2/c1-14(15-6-4-3-5-7-15)24-17-10-11-23-19(13-17)21(26)25-18-12-16(22)8-9-20(18)27-2/h3-14H,1-2H3,(H,23,24)(H,25,26). The van der Waals surface area contributed by atoms with Crippen LogP contribution in [0.15, 0.2) is 66.9 Å². The van der Waals surface area contributed by atoms with Gasteiger partial charge in [-0.3, -0.25) is 9.78 Å². The number of amides is 1. The molecule has 1 aromatic heterocycles. The summed E-state index contributed by atoms with van der Waals surface area (Å²) in [5.41, 5.74) is 2.75. The molecular weight excluding hydrogens is 362 g/mol. The molecule has 0 aliphatic rings. The molecule has 1 heterocycles. The molecule has 2 N–H and O–H groups in total. The largest absolute Gasteiger partial charge is 0.495 e. The molecule has 5 nitrogen and oxygen atoms in total. The van der Waals surface area contributed by atoms with Crippen LogP contribution in [0.4, 0.5) is 11.4 Å². The maximum atomic E-state index is 12.6. The second-order valence-corrected chi connectivity index (χ2v) is 6.44. The Hall–Kier alpha value is -3.05. The van der Waals surface area contributed by atoms with Crippen molar-refractivity contribution in [3.8, 4) is 5.75 Å². The van der Waals surface area contributed by atoms with Crippen molar-refractivity contribution >= 4 is 28.9 Å². The number of ether oxygens (including phenoxy) is 1. The van der Waals surface area contributed by atoms with Crippen LogP contribution >= 0.6 is 11.6 Å². The normalized spacial score (nSPS) is 11.5. The van der Waals surface area contributed by atoms with Gasteiger partial charge in [0.15, 0.2) is 0 Å². The Morgan fingerprint density at radius 3 is 2.63 bits per heavy atom. The van der Waals surface area contributed by atoms with Gasteiger partial charge in [-0.15, -0.1) is 0 Å². The van der Waals surface area contributed by atoms with E-state index in [4.69, 9.17) is 16.3 Å². The molecule has 0 radical (unpaired) electrons. The Morgan fingerprint density at radius 2 is 1.89 bits per heavy atom. The molecule has 3 aromatic rings. The zero-order chi connectivity index (χ0) is 19.2. The summed E-state index contributed by atoms with van der Waals surface area (Å²) in [4.78, 5) is 16.8. The van der Waals surface area contributed by atoms with Crippen LogP contribution in [0.3, 0.4) is 0 Å². The lowest BCUT2D eigenvalue weighted by Crippen LogP contribution is -2.15. The highest BCUT2D eigenvalue weighted by atomic mass is 35.5. The molecule has 2 aromatic carbocycles. The van der Waals surface area contributed by atoms with Gasteiger partial charge in [-0.25, -0.2) is 0 Å². The van der Waals surface area contributed by atoms with Crippen molar-refractivity contribution in [2.45, 2.75) is 13.0 Å². The van der Waals surface area contributed by atoms with E-state index in [2.05, 4.69) is 34.7 Å². The number of methoxy groups -OCH3 is 1. The quantitative estimate of drug-likeness (QED) is 0.618. The lowest BCUT2D eigenvalue weighted by molar-refractivity contribution is 0.102. The Morgan fingerprint density at radius 1 is 1.11 bits per heavy atom. The minimum atomic E-state index is -0.341. The number of carbonyl (C=O) groups excluding carboxylic acids is 1. The SMILES string of the molecule is COc1ccc(Cl)cc1NC(=O)c1cc(NC(C)c2ccccc2)ccn1. The number of nitrogens with zero attached hydrogens (tertiary/aromatic N) is 1. The molecule has 27 heavy (non-hydrogen) atoms. The molecule has 138 valence electrons. The van der Waals surface area contributed by atoms with E-state index in [1.165, 1.54) is 7.11 Å². The fraction of sp³-hybridized carbons (Fsp3) is 0.143. The molecule has 0 bridgehead atoms. The molecule has 1 amide bonds. The third-order valence-electron chi connectivity index (χ3n) is 4.09. The van der Waals surface area contributed by atoms with Crippen molar-refractivity contribution < 1.29 is 9.53 Å². The molecule has 0 fully saturated rings. The maximum absolute atomic E-state index is 12.6. The van der Waals surface area contributed by atoms with E-state index in [9.17, 15) is 4.79 Å². The molecular formula is C21H20ClN3O2. The fourth-order valence-electron chi connectivity index (χ4n) is 2.68. The van der Waals surface area contributed by atoms with Crippen LogP contribution in [-0.2, 0) is 0 Å². The van der Waals surface area contributed by atoms with Crippen LogP contribution in [0.1, 0.15) is 29.0 Å². The molecule has 0 aliphatic carbocycles. The Balaban J connectivity index is 1.75. The Kier molecular flexibility index (Phi) is 5.94. The van der Waals surface area contributed by atoms with E-state index in [1.807, 2.05) is 24.3 Å². The molecule has 0 saturated carbocycles. The topological polar surface area (TPSA) is 63.2 Å². The summed E-state index contributed by atoms with van der Waals surface area (Å²) in [7, 11) is 1.53. The first kappa shape index (κ1) is 18.7. The van der Waals surface area contributed by atoms with Crippen molar-refractivity contribution in [3.63, 3.8) is 0 Å². The molecule has 6 heteroatoms. The number of hydrogen-bond donors (Lipinski definition) is 2. The van der Waals surface area contributed by atoms with Crippen LogP contribution in [0.25, 0.3) is 0 Å². The second-order valence-electron chi connectivity index (χ2n) is 6.01. The first-order valence-corrected chi connectivity index (χ1v) is 8.87. The van der Waals surface area contributed by atoms with Gasteiger partial charge in [-0.2, -0.15) is 0 Å². The van der Waals surface area contributed by atoms with Gasteiger partial charge < -0.3 is 15.4 Å². The average Bonchev–Trinajstić information content (AvgIpc) is 2.69. The zero-order valence-electron chi connectivity index (χ0n) is 15.1. The predicted octanol–water partition coefficient (Wildman–Crippen LogP) is 5.17. The Bertz CT molecular complexity index is 932. The number of benzene rings is 2. The molecule has 1 atom stereocenters. The minimum Gasteiger partial charge on any atom is -0.495 e. The van der Waals surface area contributed by atoms with E-state index in [-0.39, 0.29) is 11.9 Å². The van der Waals surface area contributed by atoms with Gasteiger partial charge in [-0.05, 0) is 42.8 Å². The molecule has 1 unspecified atom stereocenters. The van der Waals surface area contributed by atoms with Gasteiger partial charge in [0, 0.05) is 22.9 Å². The van der Waals surface area contributed by atoms with Crippen molar-refractivity contribution in [2.24, 2.45) is 0 Å². The van der Waals surface area contributed by atoms with E-state index in [0.29, 0.717) is 22.2 Å².